The lowest BCUT2D eigenvalue weighted by Crippen LogP contribution is -2.18. The summed E-state index contributed by atoms with van der Waals surface area (Å²) in [5.41, 5.74) is 1.12. The van der Waals surface area contributed by atoms with Crippen molar-refractivity contribution in [2.24, 2.45) is 0 Å². The first-order valence-electron chi connectivity index (χ1n) is 4.68. The van der Waals surface area contributed by atoms with Gasteiger partial charge in [0.15, 0.2) is 0 Å². The van der Waals surface area contributed by atoms with Crippen LogP contribution >= 0.6 is 0 Å². The molecule has 1 rings (SSSR count). The Hall–Kier alpha value is -0.910. The van der Waals surface area contributed by atoms with Crippen LogP contribution in [0.3, 0.4) is 0 Å². The summed E-state index contributed by atoms with van der Waals surface area (Å²) in [6.07, 6.45) is 3.73. The lowest BCUT2D eigenvalue weighted by atomic mass is 10.3. The molecule has 0 fully saturated rings. The van der Waals surface area contributed by atoms with Gasteiger partial charge in [-0.25, -0.2) is 0 Å². The molecule has 0 unspecified atom stereocenters. The Kier molecular flexibility index (Phi) is 5.21. The van der Waals surface area contributed by atoms with Crippen molar-refractivity contribution in [1.29, 1.82) is 0 Å². The minimum Gasteiger partial charge on any atom is -0.394 e. The van der Waals surface area contributed by atoms with Gasteiger partial charge in [0.2, 0.25) is 0 Å². The number of rotatable bonds is 7. The van der Waals surface area contributed by atoms with Crippen LogP contribution in [-0.4, -0.2) is 41.8 Å². The van der Waals surface area contributed by atoms with E-state index in [4.69, 9.17) is 9.84 Å². The van der Waals surface area contributed by atoms with E-state index in [1.165, 1.54) is 0 Å². The van der Waals surface area contributed by atoms with Crippen molar-refractivity contribution in [3.8, 4) is 0 Å². The Morgan fingerprint density at radius 1 is 1.64 bits per heavy atom. The summed E-state index contributed by atoms with van der Waals surface area (Å²) in [5, 5.41) is 16.0. The summed E-state index contributed by atoms with van der Waals surface area (Å²) in [6, 6.07) is 0. The van der Waals surface area contributed by atoms with E-state index in [1.54, 1.807) is 18.0 Å². The van der Waals surface area contributed by atoms with E-state index in [2.05, 4.69) is 10.4 Å². The van der Waals surface area contributed by atoms with E-state index >= 15 is 0 Å². The van der Waals surface area contributed by atoms with Crippen LogP contribution < -0.4 is 5.32 Å². The van der Waals surface area contributed by atoms with Gasteiger partial charge < -0.3 is 15.2 Å². The monoisotopic (exact) mass is 199 g/mol. The zero-order valence-electron chi connectivity index (χ0n) is 8.44. The topological polar surface area (TPSA) is 59.3 Å². The van der Waals surface area contributed by atoms with E-state index in [9.17, 15) is 0 Å². The van der Waals surface area contributed by atoms with E-state index in [0.717, 1.165) is 18.7 Å². The van der Waals surface area contributed by atoms with Crippen LogP contribution in [0.4, 0.5) is 0 Å². The average molecular weight is 199 g/mol. The van der Waals surface area contributed by atoms with Gasteiger partial charge in [-0.15, -0.1) is 0 Å². The van der Waals surface area contributed by atoms with Gasteiger partial charge in [0.1, 0.15) is 0 Å². The SMILES string of the molecule is COCCNCc1cnn(CCO)c1. The van der Waals surface area contributed by atoms with Crippen molar-refractivity contribution in [3.63, 3.8) is 0 Å². The number of ether oxygens (including phenoxy) is 1. The van der Waals surface area contributed by atoms with Crippen molar-refractivity contribution >= 4 is 0 Å². The van der Waals surface area contributed by atoms with Crippen molar-refractivity contribution in [2.75, 3.05) is 26.9 Å². The molecule has 1 aromatic heterocycles. The minimum atomic E-state index is 0.123. The highest BCUT2D eigenvalue weighted by molar-refractivity contribution is 5.03. The standard InChI is InChI=1S/C9H17N3O2/c1-14-5-2-10-6-9-7-11-12(8-9)3-4-13/h7-8,10,13H,2-6H2,1H3. The molecule has 0 atom stereocenters. The van der Waals surface area contributed by atoms with Gasteiger partial charge in [0, 0.05) is 32.0 Å². The largest absolute Gasteiger partial charge is 0.394 e. The summed E-state index contributed by atoms with van der Waals surface area (Å²) >= 11 is 0. The van der Waals surface area contributed by atoms with Crippen molar-refractivity contribution in [2.45, 2.75) is 13.1 Å². The van der Waals surface area contributed by atoms with Gasteiger partial charge in [-0.1, -0.05) is 0 Å². The Labute approximate surface area is 83.7 Å². The molecule has 0 bridgehead atoms. The van der Waals surface area contributed by atoms with Crippen LogP contribution in [0.5, 0.6) is 0 Å². The predicted octanol–water partition coefficient (Wildman–Crippen LogP) is -0.389. The van der Waals surface area contributed by atoms with E-state index in [-0.39, 0.29) is 6.61 Å². The maximum Gasteiger partial charge on any atom is 0.0640 e. The average Bonchev–Trinajstić information content (AvgIpc) is 2.61. The molecule has 5 heteroatoms. The van der Waals surface area contributed by atoms with Gasteiger partial charge in [-0.3, -0.25) is 4.68 Å². The smallest absolute Gasteiger partial charge is 0.0640 e. The molecule has 0 radical (unpaired) electrons. The van der Waals surface area contributed by atoms with Crippen LogP contribution in [0, 0.1) is 0 Å². The first-order valence-corrected chi connectivity index (χ1v) is 4.68. The third kappa shape index (κ3) is 3.87. The maximum absolute atomic E-state index is 8.68. The molecule has 1 heterocycles. The second-order valence-corrected chi connectivity index (χ2v) is 3.00. The minimum absolute atomic E-state index is 0.123. The number of aliphatic hydroxyl groups is 1. The fourth-order valence-electron chi connectivity index (χ4n) is 1.13. The lowest BCUT2D eigenvalue weighted by Gasteiger charge is -2.00. The number of methoxy groups -OCH3 is 1. The Morgan fingerprint density at radius 2 is 2.50 bits per heavy atom. The highest BCUT2D eigenvalue weighted by Crippen LogP contribution is 1.96. The van der Waals surface area contributed by atoms with Crippen LogP contribution in [0.25, 0.3) is 0 Å². The Balaban J connectivity index is 2.22. The molecule has 0 spiro atoms. The zero-order valence-corrected chi connectivity index (χ0v) is 8.44. The summed E-state index contributed by atoms with van der Waals surface area (Å²) in [7, 11) is 1.68. The number of aromatic nitrogens is 2. The van der Waals surface area contributed by atoms with Crippen molar-refractivity contribution in [3.05, 3.63) is 18.0 Å². The number of hydrogen-bond acceptors (Lipinski definition) is 4. The van der Waals surface area contributed by atoms with Gasteiger partial charge in [-0.05, 0) is 0 Å². The fraction of sp³-hybridized carbons (Fsp3) is 0.667. The summed E-state index contributed by atoms with van der Waals surface area (Å²) < 4.78 is 6.64. The fourth-order valence-corrected chi connectivity index (χ4v) is 1.13. The van der Waals surface area contributed by atoms with Crippen LogP contribution in [-0.2, 0) is 17.8 Å². The second-order valence-electron chi connectivity index (χ2n) is 3.00. The number of nitrogens with one attached hydrogen (secondary N) is 1. The molecule has 0 saturated carbocycles. The molecular formula is C9H17N3O2. The second kappa shape index (κ2) is 6.53. The van der Waals surface area contributed by atoms with Gasteiger partial charge in [-0.2, -0.15) is 5.10 Å². The van der Waals surface area contributed by atoms with E-state index in [1.807, 2.05) is 6.20 Å². The number of nitrogens with zero attached hydrogens (tertiary/aromatic N) is 2. The molecule has 1 aromatic rings. The Morgan fingerprint density at radius 3 is 3.21 bits per heavy atom. The third-order valence-corrected chi connectivity index (χ3v) is 1.83. The predicted molar refractivity (Wildman–Crippen MR) is 52.9 cm³/mol. The molecule has 0 amide bonds. The lowest BCUT2D eigenvalue weighted by molar-refractivity contribution is 0.199. The molecule has 0 aliphatic rings. The molecule has 14 heavy (non-hydrogen) atoms. The van der Waals surface area contributed by atoms with E-state index in [0.29, 0.717) is 13.2 Å². The quantitative estimate of drug-likeness (QED) is 0.587. The van der Waals surface area contributed by atoms with Gasteiger partial charge in [0.05, 0.1) is 26.0 Å². The normalized spacial score (nSPS) is 10.7. The summed E-state index contributed by atoms with van der Waals surface area (Å²) in [6.45, 7) is 3.01. The molecule has 2 N–H and O–H groups in total. The van der Waals surface area contributed by atoms with Gasteiger partial charge >= 0.3 is 0 Å². The molecule has 80 valence electrons. The molecule has 0 aromatic carbocycles. The van der Waals surface area contributed by atoms with Crippen molar-refractivity contribution in [1.82, 2.24) is 15.1 Å². The first kappa shape index (κ1) is 11.2. The zero-order chi connectivity index (χ0) is 10.2. The molecular weight excluding hydrogens is 182 g/mol. The third-order valence-electron chi connectivity index (χ3n) is 1.83. The highest BCUT2D eigenvalue weighted by atomic mass is 16.5. The van der Waals surface area contributed by atoms with Crippen LogP contribution in [0.2, 0.25) is 0 Å². The molecule has 5 nitrogen and oxygen atoms in total. The molecule has 0 saturated heterocycles. The van der Waals surface area contributed by atoms with Crippen LogP contribution in [0.1, 0.15) is 5.56 Å². The summed E-state index contributed by atoms with van der Waals surface area (Å²) in [5.74, 6) is 0. The van der Waals surface area contributed by atoms with Crippen LogP contribution in [0.15, 0.2) is 12.4 Å². The maximum atomic E-state index is 8.68. The number of aliphatic hydroxyl groups excluding tert-OH is 1. The Bertz CT molecular complexity index is 250. The molecule has 0 aliphatic heterocycles. The highest BCUT2D eigenvalue weighted by Gasteiger charge is 1.96. The summed E-state index contributed by atoms with van der Waals surface area (Å²) in [4.78, 5) is 0. The molecule has 0 aliphatic carbocycles. The number of hydrogen-bond donors (Lipinski definition) is 2. The van der Waals surface area contributed by atoms with Gasteiger partial charge in [0.25, 0.3) is 0 Å². The first-order chi connectivity index (χ1) is 6.86. The van der Waals surface area contributed by atoms with E-state index < -0.39 is 0 Å². The van der Waals surface area contributed by atoms with Crippen molar-refractivity contribution < 1.29 is 9.84 Å².